The van der Waals surface area contributed by atoms with Crippen molar-refractivity contribution in [1.29, 1.82) is 0 Å². The van der Waals surface area contributed by atoms with Crippen molar-refractivity contribution in [3.63, 3.8) is 0 Å². The number of benzene rings is 2. The van der Waals surface area contributed by atoms with Gasteiger partial charge in [-0.3, -0.25) is 14.4 Å². The van der Waals surface area contributed by atoms with Crippen molar-refractivity contribution in [1.82, 2.24) is 5.32 Å². The molecule has 1 fully saturated rings. The Balaban J connectivity index is 1.72. The monoisotopic (exact) mass is 580 g/mol. The van der Waals surface area contributed by atoms with Crippen LogP contribution in [0.1, 0.15) is 48.5 Å². The van der Waals surface area contributed by atoms with E-state index in [1.165, 1.54) is 7.11 Å². The SMILES string of the molecule is CCOC(=O)[C@H]1CC[C@H](C(=O)Nc2cc(OC)c(Br)cc2C(=O)NCc2cc(Cl)cc(OC)c2)CC1. The topological polar surface area (TPSA) is 103 Å². The average molecular weight is 582 g/mol. The van der Waals surface area contributed by atoms with Gasteiger partial charge in [-0.25, -0.2) is 0 Å². The lowest BCUT2D eigenvalue weighted by molar-refractivity contribution is -0.150. The molecule has 0 heterocycles. The molecule has 0 unspecified atom stereocenters. The summed E-state index contributed by atoms with van der Waals surface area (Å²) >= 11 is 9.54. The lowest BCUT2D eigenvalue weighted by Crippen LogP contribution is -2.31. The molecule has 36 heavy (non-hydrogen) atoms. The molecule has 3 rings (SSSR count). The van der Waals surface area contributed by atoms with Crippen LogP contribution in [0.4, 0.5) is 5.69 Å². The van der Waals surface area contributed by atoms with Crippen LogP contribution in [0.2, 0.25) is 5.02 Å². The van der Waals surface area contributed by atoms with Crippen molar-refractivity contribution in [3.05, 3.63) is 51.0 Å². The molecule has 10 heteroatoms. The molecule has 0 bridgehead atoms. The van der Waals surface area contributed by atoms with Crippen LogP contribution in [-0.2, 0) is 20.9 Å². The van der Waals surface area contributed by atoms with Crippen LogP contribution in [0.5, 0.6) is 11.5 Å². The van der Waals surface area contributed by atoms with Gasteiger partial charge in [0.2, 0.25) is 5.91 Å². The second-order valence-electron chi connectivity index (χ2n) is 8.50. The standard InChI is InChI=1S/C26H30BrClN2O6/c1-4-36-26(33)17-7-5-16(6-8-17)24(31)30-22-13-23(35-3)21(27)12-20(22)25(32)29-14-15-9-18(28)11-19(10-15)34-2/h9-13,16-17H,4-8,14H2,1-3H3,(H,29,32)(H,30,31)/t16-,17-. The van der Waals surface area contributed by atoms with Gasteiger partial charge in [-0.15, -0.1) is 0 Å². The van der Waals surface area contributed by atoms with Crippen molar-refractivity contribution in [2.24, 2.45) is 11.8 Å². The maximum absolute atomic E-state index is 13.1. The number of carbonyl (C=O) groups is 3. The smallest absolute Gasteiger partial charge is 0.308 e. The molecular formula is C26H30BrClN2O6. The molecule has 1 aliphatic rings. The minimum Gasteiger partial charge on any atom is -0.497 e. The van der Waals surface area contributed by atoms with Gasteiger partial charge in [0, 0.05) is 23.6 Å². The first kappa shape index (κ1) is 27.8. The summed E-state index contributed by atoms with van der Waals surface area (Å²) in [6.45, 7) is 2.34. The summed E-state index contributed by atoms with van der Waals surface area (Å²) in [4.78, 5) is 38.2. The van der Waals surface area contributed by atoms with Crippen LogP contribution in [0.15, 0.2) is 34.8 Å². The van der Waals surface area contributed by atoms with Crippen LogP contribution in [0.25, 0.3) is 0 Å². The number of carbonyl (C=O) groups excluding carboxylic acids is 3. The largest absolute Gasteiger partial charge is 0.497 e. The Kier molecular flexibility index (Phi) is 10.0. The summed E-state index contributed by atoms with van der Waals surface area (Å²) in [6, 6.07) is 8.43. The van der Waals surface area contributed by atoms with Crippen molar-refractivity contribution in [2.75, 3.05) is 26.1 Å². The van der Waals surface area contributed by atoms with Crippen LogP contribution >= 0.6 is 27.5 Å². The minimum absolute atomic E-state index is 0.173. The summed E-state index contributed by atoms with van der Waals surface area (Å²) in [7, 11) is 3.05. The fourth-order valence-corrected chi connectivity index (χ4v) is 4.96. The van der Waals surface area contributed by atoms with Gasteiger partial charge in [0.25, 0.3) is 5.91 Å². The molecule has 0 saturated heterocycles. The molecule has 194 valence electrons. The van der Waals surface area contributed by atoms with E-state index in [-0.39, 0.29) is 41.7 Å². The number of rotatable bonds is 9. The normalized spacial score (nSPS) is 17.1. The number of nitrogens with one attached hydrogen (secondary N) is 2. The Morgan fingerprint density at radius 2 is 1.69 bits per heavy atom. The lowest BCUT2D eigenvalue weighted by Gasteiger charge is -2.26. The molecule has 2 N–H and O–H groups in total. The third kappa shape index (κ3) is 7.13. The minimum atomic E-state index is -0.376. The molecule has 0 aliphatic heterocycles. The number of esters is 1. The Hall–Kier alpha value is -2.78. The molecule has 1 saturated carbocycles. The molecule has 2 aromatic rings. The van der Waals surface area contributed by atoms with Crippen molar-refractivity contribution in [2.45, 2.75) is 39.2 Å². The van der Waals surface area contributed by atoms with E-state index in [9.17, 15) is 14.4 Å². The Bertz CT molecular complexity index is 1120. The maximum Gasteiger partial charge on any atom is 0.308 e. The van der Waals surface area contributed by atoms with E-state index in [2.05, 4.69) is 26.6 Å². The van der Waals surface area contributed by atoms with Crippen LogP contribution in [0.3, 0.4) is 0 Å². The van der Waals surface area contributed by atoms with Gasteiger partial charge >= 0.3 is 5.97 Å². The van der Waals surface area contributed by atoms with Gasteiger partial charge in [0.1, 0.15) is 11.5 Å². The second-order valence-corrected chi connectivity index (χ2v) is 9.79. The van der Waals surface area contributed by atoms with Crippen LogP contribution < -0.4 is 20.1 Å². The summed E-state index contributed by atoms with van der Waals surface area (Å²) in [5.74, 6) is -0.149. The summed E-state index contributed by atoms with van der Waals surface area (Å²) in [6.07, 6.45) is 2.33. The van der Waals surface area contributed by atoms with Gasteiger partial charge in [-0.2, -0.15) is 0 Å². The molecule has 0 spiro atoms. The van der Waals surface area contributed by atoms with E-state index in [1.54, 1.807) is 44.4 Å². The highest BCUT2D eigenvalue weighted by Gasteiger charge is 2.31. The zero-order chi connectivity index (χ0) is 26.2. The molecule has 8 nitrogen and oxygen atoms in total. The number of ether oxygens (including phenoxy) is 3. The molecule has 0 radical (unpaired) electrons. The third-order valence-corrected chi connectivity index (χ3v) is 6.97. The maximum atomic E-state index is 13.1. The number of anilines is 1. The van der Waals surface area contributed by atoms with E-state index < -0.39 is 0 Å². The molecular weight excluding hydrogens is 552 g/mol. The number of hydrogen-bond acceptors (Lipinski definition) is 6. The average Bonchev–Trinajstić information content (AvgIpc) is 2.87. The van der Waals surface area contributed by atoms with Gasteiger partial charge in [0.05, 0.1) is 42.5 Å². The number of methoxy groups -OCH3 is 2. The third-order valence-electron chi connectivity index (χ3n) is 6.13. The highest BCUT2D eigenvalue weighted by molar-refractivity contribution is 9.10. The van der Waals surface area contributed by atoms with Crippen LogP contribution in [0, 0.1) is 11.8 Å². The highest BCUT2D eigenvalue weighted by atomic mass is 79.9. The Labute approximate surface area is 224 Å². The van der Waals surface area contributed by atoms with Crippen molar-refractivity contribution in [3.8, 4) is 11.5 Å². The molecule has 2 aromatic carbocycles. The summed E-state index contributed by atoms with van der Waals surface area (Å²) < 4.78 is 16.3. The predicted molar refractivity (Wildman–Crippen MR) is 141 cm³/mol. The molecule has 0 atom stereocenters. The fraction of sp³-hybridized carbons (Fsp3) is 0.423. The molecule has 0 aromatic heterocycles. The van der Waals surface area contributed by atoms with Gasteiger partial charge in [-0.05, 0) is 78.4 Å². The van der Waals surface area contributed by atoms with Gasteiger partial charge in [0.15, 0.2) is 0 Å². The van der Waals surface area contributed by atoms with E-state index in [0.717, 1.165) is 5.56 Å². The highest BCUT2D eigenvalue weighted by Crippen LogP contribution is 2.34. The Morgan fingerprint density at radius 3 is 2.33 bits per heavy atom. The van der Waals surface area contributed by atoms with E-state index in [4.69, 9.17) is 25.8 Å². The van der Waals surface area contributed by atoms with Gasteiger partial charge < -0.3 is 24.8 Å². The number of halogens is 2. The zero-order valence-corrected chi connectivity index (χ0v) is 22.8. The Morgan fingerprint density at radius 1 is 1.00 bits per heavy atom. The van der Waals surface area contributed by atoms with Crippen LogP contribution in [-0.4, -0.2) is 38.6 Å². The first-order chi connectivity index (χ1) is 17.2. The van der Waals surface area contributed by atoms with E-state index in [0.29, 0.717) is 59.0 Å². The first-order valence-corrected chi connectivity index (χ1v) is 12.9. The molecule has 1 aliphatic carbocycles. The quantitative estimate of drug-likeness (QED) is 0.387. The van der Waals surface area contributed by atoms with E-state index >= 15 is 0 Å². The second kappa shape index (κ2) is 13.0. The zero-order valence-electron chi connectivity index (χ0n) is 20.5. The lowest BCUT2D eigenvalue weighted by atomic mass is 9.81. The van der Waals surface area contributed by atoms with Crippen molar-refractivity contribution < 1.29 is 28.6 Å². The number of hydrogen-bond donors (Lipinski definition) is 2. The fourth-order valence-electron chi connectivity index (χ4n) is 4.21. The van der Waals surface area contributed by atoms with E-state index in [1.807, 2.05) is 0 Å². The summed E-state index contributed by atoms with van der Waals surface area (Å²) in [5.41, 5.74) is 1.39. The predicted octanol–water partition coefficient (Wildman–Crippen LogP) is 5.36. The van der Waals surface area contributed by atoms with Gasteiger partial charge in [-0.1, -0.05) is 11.6 Å². The first-order valence-electron chi connectivity index (χ1n) is 11.7. The number of amides is 2. The molecule has 2 amide bonds. The van der Waals surface area contributed by atoms with Crippen molar-refractivity contribution >= 4 is 51.0 Å². The summed E-state index contributed by atoms with van der Waals surface area (Å²) in [5, 5.41) is 6.26.